The number of nitrogens with one attached hydrogen (secondary N) is 1. The van der Waals surface area contributed by atoms with Gasteiger partial charge in [-0.3, -0.25) is 10.1 Å². The first kappa shape index (κ1) is 22.1. The largest absolute Gasteiger partial charge is 0.465 e. The SMILES string of the molecule is CCOC(=O)C(C)Sc1cc(C(F)(F)F)ccc1NC(=O)OC(C)(C)C. The molecule has 0 bridgehead atoms. The Bertz CT molecular complexity index is 656. The molecule has 1 aromatic carbocycles. The number of benzene rings is 1. The maximum atomic E-state index is 13.0. The van der Waals surface area contributed by atoms with Gasteiger partial charge in [-0.1, -0.05) is 0 Å². The molecule has 0 aromatic heterocycles. The monoisotopic (exact) mass is 393 g/mol. The molecule has 0 saturated carbocycles. The smallest absolute Gasteiger partial charge is 0.416 e. The molecule has 1 N–H and O–H groups in total. The number of halogens is 3. The van der Waals surface area contributed by atoms with E-state index >= 15 is 0 Å². The predicted molar refractivity (Wildman–Crippen MR) is 93.3 cm³/mol. The van der Waals surface area contributed by atoms with Crippen LogP contribution in [0.4, 0.5) is 23.7 Å². The summed E-state index contributed by atoms with van der Waals surface area (Å²) in [6.07, 6.45) is -5.35. The molecule has 26 heavy (non-hydrogen) atoms. The lowest BCUT2D eigenvalue weighted by Gasteiger charge is -2.21. The highest BCUT2D eigenvalue weighted by Crippen LogP contribution is 2.37. The van der Waals surface area contributed by atoms with Crippen molar-refractivity contribution in [2.45, 2.75) is 56.5 Å². The van der Waals surface area contributed by atoms with Crippen molar-refractivity contribution < 1.29 is 32.2 Å². The standard InChI is InChI=1S/C17H22F3NO4S/c1-6-24-14(22)10(2)26-13-9-11(17(18,19)20)7-8-12(13)21-15(23)25-16(3,4)5/h7-10H,6H2,1-5H3,(H,21,23). The van der Waals surface area contributed by atoms with Gasteiger partial charge in [0.15, 0.2) is 0 Å². The highest BCUT2D eigenvalue weighted by Gasteiger charge is 2.32. The highest BCUT2D eigenvalue weighted by molar-refractivity contribution is 8.00. The molecule has 1 aromatic rings. The minimum absolute atomic E-state index is 0.0891. The molecular formula is C17H22F3NO4S. The maximum absolute atomic E-state index is 13.0. The lowest BCUT2D eigenvalue weighted by Crippen LogP contribution is -2.27. The number of hydrogen-bond acceptors (Lipinski definition) is 5. The number of carbonyl (C=O) groups excluding carboxylic acids is 2. The number of alkyl halides is 3. The predicted octanol–water partition coefficient (Wildman–Crippen LogP) is 5.10. The Morgan fingerprint density at radius 3 is 2.35 bits per heavy atom. The van der Waals surface area contributed by atoms with Crippen molar-refractivity contribution >= 4 is 29.5 Å². The van der Waals surface area contributed by atoms with Crippen LogP contribution in [0.25, 0.3) is 0 Å². The van der Waals surface area contributed by atoms with Crippen LogP contribution in [0.15, 0.2) is 23.1 Å². The van der Waals surface area contributed by atoms with Gasteiger partial charge in [0.05, 0.1) is 17.9 Å². The Balaban J connectivity index is 3.12. The molecule has 0 saturated heterocycles. The van der Waals surface area contributed by atoms with Gasteiger partial charge in [0.1, 0.15) is 10.9 Å². The zero-order valence-electron chi connectivity index (χ0n) is 15.2. The van der Waals surface area contributed by atoms with Gasteiger partial charge in [-0.05, 0) is 52.8 Å². The molecule has 9 heteroatoms. The first-order valence-corrected chi connectivity index (χ1v) is 8.76. The zero-order chi connectivity index (χ0) is 20.1. The number of ether oxygens (including phenoxy) is 2. The Morgan fingerprint density at radius 1 is 1.23 bits per heavy atom. The molecule has 146 valence electrons. The molecule has 1 rings (SSSR count). The number of esters is 1. The van der Waals surface area contributed by atoms with Crippen LogP contribution in [0, 0.1) is 0 Å². The van der Waals surface area contributed by atoms with E-state index in [9.17, 15) is 22.8 Å². The van der Waals surface area contributed by atoms with E-state index < -0.39 is 34.7 Å². The van der Waals surface area contributed by atoms with Crippen LogP contribution in [-0.4, -0.2) is 29.5 Å². The normalized spacial score (nSPS) is 13.1. The summed E-state index contributed by atoms with van der Waals surface area (Å²) in [6, 6.07) is 2.87. The Morgan fingerprint density at radius 2 is 1.85 bits per heavy atom. The molecule has 1 atom stereocenters. The van der Waals surface area contributed by atoms with E-state index in [4.69, 9.17) is 9.47 Å². The average molecular weight is 393 g/mol. The molecule has 0 heterocycles. The van der Waals surface area contributed by atoms with Crippen LogP contribution in [-0.2, 0) is 20.4 Å². The summed E-state index contributed by atoms with van der Waals surface area (Å²) in [7, 11) is 0. The third-order valence-corrected chi connectivity index (χ3v) is 4.00. The third kappa shape index (κ3) is 7.15. The summed E-state index contributed by atoms with van der Waals surface area (Å²) in [5, 5.41) is 1.67. The van der Waals surface area contributed by atoms with Crippen LogP contribution >= 0.6 is 11.8 Å². The van der Waals surface area contributed by atoms with Gasteiger partial charge < -0.3 is 9.47 Å². The third-order valence-electron chi connectivity index (χ3n) is 2.87. The number of carbonyl (C=O) groups is 2. The van der Waals surface area contributed by atoms with E-state index in [2.05, 4.69) is 5.32 Å². The summed E-state index contributed by atoms with van der Waals surface area (Å²) in [4.78, 5) is 23.8. The number of anilines is 1. The molecule has 0 fully saturated rings. The van der Waals surface area contributed by atoms with Gasteiger partial charge in [-0.15, -0.1) is 11.8 Å². The van der Waals surface area contributed by atoms with Crippen LogP contribution < -0.4 is 5.32 Å². The average Bonchev–Trinajstić information content (AvgIpc) is 2.46. The van der Waals surface area contributed by atoms with Crippen molar-refractivity contribution in [3.05, 3.63) is 23.8 Å². The van der Waals surface area contributed by atoms with E-state index in [0.717, 1.165) is 30.0 Å². The molecule has 1 amide bonds. The highest BCUT2D eigenvalue weighted by atomic mass is 32.2. The number of rotatable bonds is 5. The van der Waals surface area contributed by atoms with Crippen molar-refractivity contribution in [2.75, 3.05) is 11.9 Å². The second-order valence-corrected chi connectivity index (χ2v) is 7.73. The first-order valence-electron chi connectivity index (χ1n) is 7.88. The minimum atomic E-state index is -4.55. The molecular weight excluding hydrogens is 371 g/mol. The second kappa shape index (κ2) is 8.66. The van der Waals surface area contributed by atoms with Crippen LogP contribution in [0.3, 0.4) is 0 Å². The molecule has 0 aliphatic heterocycles. The van der Waals surface area contributed by atoms with Crippen LogP contribution in [0.2, 0.25) is 0 Å². The summed E-state index contributed by atoms with van der Waals surface area (Å²) in [5.41, 5.74) is -1.53. The Hall–Kier alpha value is -1.90. The summed E-state index contributed by atoms with van der Waals surface area (Å²) >= 11 is 0.864. The number of thioether (sulfide) groups is 1. The van der Waals surface area contributed by atoms with Crippen molar-refractivity contribution in [2.24, 2.45) is 0 Å². The molecule has 0 radical (unpaired) electrons. The van der Waals surface area contributed by atoms with E-state index in [1.165, 1.54) is 6.92 Å². The van der Waals surface area contributed by atoms with Gasteiger partial charge in [-0.2, -0.15) is 13.2 Å². The minimum Gasteiger partial charge on any atom is -0.465 e. The van der Waals surface area contributed by atoms with Crippen molar-refractivity contribution in [3.63, 3.8) is 0 Å². The van der Waals surface area contributed by atoms with Gasteiger partial charge in [0.25, 0.3) is 0 Å². The lowest BCUT2D eigenvalue weighted by atomic mass is 10.2. The molecule has 1 unspecified atom stereocenters. The van der Waals surface area contributed by atoms with Crippen molar-refractivity contribution in [3.8, 4) is 0 Å². The van der Waals surface area contributed by atoms with Gasteiger partial charge in [0, 0.05) is 4.90 Å². The molecule has 0 aliphatic carbocycles. The van der Waals surface area contributed by atoms with E-state index in [1.807, 2.05) is 0 Å². The number of hydrogen-bond donors (Lipinski definition) is 1. The zero-order valence-corrected chi connectivity index (χ0v) is 16.0. The van der Waals surface area contributed by atoms with E-state index in [0.29, 0.717) is 0 Å². The summed E-state index contributed by atoms with van der Waals surface area (Å²) in [5.74, 6) is -0.557. The van der Waals surface area contributed by atoms with Gasteiger partial charge in [0.2, 0.25) is 0 Å². The fourth-order valence-corrected chi connectivity index (χ4v) is 2.80. The maximum Gasteiger partial charge on any atom is 0.416 e. The van der Waals surface area contributed by atoms with Gasteiger partial charge in [-0.25, -0.2) is 4.79 Å². The van der Waals surface area contributed by atoms with Gasteiger partial charge >= 0.3 is 18.2 Å². The van der Waals surface area contributed by atoms with Crippen molar-refractivity contribution in [1.29, 1.82) is 0 Å². The first-order chi connectivity index (χ1) is 11.8. The Kier molecular flexibility index (Phi) is 7.37. The summed E-state index contributed by atoms with van der Waals surface area (Å²) in [6.45, 7) is 8.30. The van der Waals surface area contributed by atoms with Crippen LogP contribution in [0.5, 0.6) is 0 Å². The van der Waals surface area contributed by atoms with Crippen LogP contribution in [0.1, 0.15) is 40.2 Å². The topological polar surface area (TPSA) is 64.6 Å². The Labute approximate surface area is 154 Å². The molecule has 0 aliphatic rings. The molecule has 0 spiro atoms. The number of amides is 1. The second-order valence-electron chi connectivity index (χ2n) is 6.35. The molecule has 5 nitrogen and oxygen atoms in total. The fraction of sp³-hybridized carbons (Fsp3) is 0.529. The van der Waals surface area contributed by atoms with E-state index in [-0.39, 0.29) is 17.2 Å². The van der Waals surface area contributed by atoms with Crippen molar-refractivity contribution in [1.82, 2.24) is 0 Å². The fourth-order valence-electron chi connectivity index (χ4n) is 1.81. The lowest BCUT2D eigenvalue weighted by molar-refractivity contribution is -0.142. The summed E-state index contributed by atoms with van der Waals surface area (Å²) < 4.78 is 48.9. The van der Waals surface area contributed by atoms with E-state index in [1.54, 1.807) is 27.7 Å². The quantitative estimate of drug-likeness (QED) is 0.557.